The fourth-order valence-corrected chi connectivity index (χ4v) is 3.55. The molecule has 2 aromatic heterocycles. The lowest BCUT2D eigenvalue weighted by Gasteiger charge is -2.08. The first-order valence-corrected chi connectivity index (χ1v) is 9.66. The first-order chi connectivity index (χ1) is 12.2. The van der Waals surface area contributed by atoms with Gasteiger partial charge in [-0.3, -0.25) is 9.59 Å². The van der Waals surface area contributed by atoms with Gasteiger partial charge in [-0.1, -0.05) is 6.42 Å². The van der Waals surface area contributed by atoms with Crippen LogP contribution in [-0.2, 0) is 24.2 Å². The van der Waals surface area contributed by atoms with Crippen LogP contribution in [-0.4, -0.2) is 39.7 Å². The van der Waals surface area contributed by atoms with E-state index in [0.717, 1.165) is 31.0 Å². The van der Waals surface area contributed by atoms with Crippen molar-refractivity contribution in [3.8, 4) is 0 Å². The Morgan fingerprint density at radius 3 is 2.92 bits per heavy atom. The van der Waals surface area contributed by atoms with Crippen molar-refractivity contribution >= 4 is 23.2 Å². The highest BCUT2D eigenvalue weighted by Gasteiger charge is 2.14. The zero-order chi connectivity index (χ0) is 17.5. The molecule has 25 heavy (non-hydrogen) atoms. The Kier molecular flexibility index (Phi) is 6.16. The van der Waals surface area contributed by atoms with Crippen molar-refractivity contribution in [2.45, 2.75) is 45.1 Å². The summed E-state index contributed by atoms with van der Waals surface area (Å²) in [5.41, 5.74) is 0.637. The summed E-state index contributed by atoms with van der Waals surface area (Å²) >= 11 is 1.48. The molecular weight excluding hydrogens is 338 g/mol. The summed E-state index contributed by atoms with van der Waals surface area (Å²) < 4.78 is 2.19. The Morgan fingerprint density at radius 1 is 1.16 bits per heavy atom. The molecule has 0 atom stereocenters. The normalized spacial score (nSPS) is 13.8. The molecule has 0 unspecified atom stereocenters. The maximum absolute atomic E-state index is 11.9. The van der Waals surface area contributed by atoms with E-state index in [1.54, 1.807) is 11.4 Å². The number of carbonyl (C=O) groups excluding carboxylic acids is 2. The van der Waals surface area contributed by atoms with E-state index in [2.05, 4.69) is 25.4 Å². The van der Waals surface area contributed by atoms with Gasteiger partial charge in [0.25, 0.3) is 5.91 Å². The molecule has 134 valence electrons. The van der Waals surface area contributed by atoms with Crippen LogP contribution in [0.4, 0.5) is 0 Å². The molecule has 3 heterocycles. The predicted molar refractivity (Wildman–Crippen MR) is 95.6 cm³/mol. The van der Waals surface area contributed by atoms with E-state index >= 15 is 0 Å². The zero-order valence-electron chi connectivity index (χ0n) is 14.2. The monoisotopic (exact) mass is 361 g/mol. The Hall–Kier alpha value is -2.22. The highest BCUT2D eigenvalue weighted by molar-refractivity contribution is 7.08. The van der Waals surface area contributed by atoms with E-state index in [4.69, 9.17) is 0 Å². The summed E-state index contributed by atoms with van der Waals surface area (Å²) in [5.74, 6) is 1.80. The van der Waals surface area contributed by atoms with Gasteiger partial charge in [-0.05, 0) is 24.3 Å². The van der Waals surface area contributed by atoms with E-state index < -0.39 is 0 Å². The number of rotatable bonds is 7. The van der Waals surface area contributed by atoms with Crippen LogP contribution in [0.1, 0.15) is 47.7 Å². The lowest BCUT2D eigenvalue weighted by molar-refractivity contribution is -0.120. The standard InChI is InChI=1S/C17H23N5O2S/c23-16(6-9-19-17(24)13-7-11-25-12-13)18-8-5-15-21-20-14-4-2-1-3-10-22(14)15/h7,11-12H,1-6,8-10H2,(H,18,23)(H,19,24). The summed E-state index contributed by atoms with van der Waals surface area (Å²) in [6.45, 7) is 1.84. The average molecular weight is 361 g/mol. The van der Waals surface area contributed by atoms with Crippen LogP contribution in [0.15, 0.2) is 16.8 Å². The molecule has 0 saturated carbocycles. The number of amides is 2. The Balaban J connectivity index is 1.35. The van der Waals surface area contributed by atoms with Crippen molar-refractivity contribution in [1.82, 2.24) is 25.4 Å². The number of nitrogens with one attached hydrogen (secondary N) is 2. The third-order valence-electron chi connectivity index (χ3n) is 4.28. The van der Waals surface area contributed by atoms with Crippen LogP contribution in [0.5, 0.6) is 0 Å². The molecule has 1 aliphatic rings. The van der Waals surface area contributed by atoms with Crippen LogP contribution >= 0.6 is 11.3 Å². The molecule has 3 rings (SSSR count). The second kappa shape index (κ2) is 8.75. The van der Waals surface area contributed by atoms with Gasteiger partial charge in [0.15, 0.2) is 0 Å². The molecule has 2 aromatic rings. The van der Waals surface area contributed by atoms with Crippen molar-refractivity contribution in [3.63, 3.8) is 0 Å². The fraction of sp³-hybridized carbons (Fsp3) is 0.529. The first-order valence-electron chi connectivity index (χ1n) is 8.72. The summed E-state index contributed by atoms with van der Waals surface area (Å²) in [6, 6.07) is 1.77. The van der Waals surface area contributed by atoms with E-state index in [0.29, 0.717) is 25.1 Å². The fourth-order valence-electron chi connectivity index (χ4n) is 2.92. The SMILES string of the molecule is O=C(CCNC(=O)c1ccsc1)NCCc1nnc2n1CCCCC2. The lowest BCUT2D eigenvalue weighted by Crippen LogP contribution is -2.31. The van der Waals surface area contributed by atoms with Crippen molar-refractivity contribution in [1.29, 1.82) is 0 Å². The molecular formula is C17H23N5O2S. The summed E-state index contributed by atoms with van der Waals surface area (Å²) in [5, 5.41) is 17.8. The van der Waals surface area contributed by atoms with Crippen molar-refractivity contribution in [3.05, 3.63) is 34.0 Å². The van der Waals surface area contributed by atoms with Gasteiger partial charge < -0.3 is 15.2 Å². The third kappa shape index (κ3) is 4.88. The highest BCUT2D eigenvalue weighted by atomic mass is 32.1. The highest BCUT2D eigenvalue weighted by Crippen LogP contribution is 2.14. The molecule has 8 heteroatoms. The molecule has 0 aliphatic carbocycles. The second-order valence-corrected chi connectivity index (χ2v) is 6.89. The third-order valence-corrected chi connectivity index (χ3v) is 4.96. The molecule has 2 N–H and O–H groups in total. The molecule has 0 saturated heterocycles. The Labute approximate surface area is 150 Å². The number of hydrogen-bond acceptors (Lipinski definition) is 5. The van der Waals surface area contributed by atoms with Crippen molar-refractivity contribution in [2.24, 2.45) is 0 Å². The smallest absolute Gasteiger partial charge is 0.252 e. The van der Waals surface area contributed by atoms with Gasteiger partial charge in [0, 0.05) is 49.8 Å². The molecule has 0 bridgehead atoms. The number of fused-ring (bicyclic) bond motifs is 1. The van der Waals surface area contributed by atoms with Gasteiger partial charge >= 0.3 is 0 Å². The minimum atomic E-state index is -0.139. The lowest BCUT2D eigenvalue weighted by atomic mass is 10.2. The number of carbonyl (C=O) groups is 2. The quantitative estimate of drug-likeness (QED) is 0.783. The van der Waals surface area contributed by atoms with Crippen LogP contribution in [0.2, 0.25) is 0 Å². The minimum absolute atomic E-state index is 0.0683. The van der Waals surface area contributed by atoms with E-state index in [-0.39, 0.29) is 18.2 Å². The Morgan fingerprint density at radius 2 is 2.08 bits per heavy atom. The summed E-state index contributed by atoms with van der Waals surface area (Å²) in [4.78, 5) is 23.6. The largest absolute Gasteiger partial charge is 0.356 e. The average Bonchev–Trinajstić information content (AvgIpc) is 3.21. The zero-order valence-corrected chi connectivity index (χ0v) is 15.0. The van der Waals surface area contributed by atoms with Crippen LogP contribution in [0, 0.1) is 0 Å². The van der Waals surface area contributed by atoms with Crippen LogP contribution in [0.25, 0.3) is 0 Å². The Bertz CT molecular complexity index is 711. The molecule has 0 radical (unpaired) electrons. The second-order valence-electron chi connectivity index (χ2n) is 6.11. The van der Waals surface area contributed by atoms with Gasteiger partial charge in [0.2, 0.25) is 5.91 Å². The molecule has 0 spiro atoms. The number of hydrogen-bond donors (Lipinski definition) is 2. The van der Waals surface area contributed by atoms with Gasteiger partial charge in [0.05, 0.1) is 0 Å². The maximum atomic E-state index is 11.9. The number of aromatic nitrogens is 3. The van der Waals surface area contributed by atoms with Crippen LogP contribution in [0.3, 0.4) is 0 Å². The summed E-state index contributed by atoms with van der Waals surface area (Å²) in [7, 11) is 0. The number of thiophene rings is 1. The maximum Gasteiger partial charge on any atom is 0.252 e. The first kappa shape index (κ1) is 17.6. The van der Waals surface area contributed by atoms with Crippen molar-refractivity contribution in [2.75, 3.05) is 13.1 Å². The minimum Gasteiger partial charge on any atom is -0.356 e. The number of nitrogens with zero attached hydrogens (tertiary/aromatic N) is 3. The summed E-state index contributed by atoms with van der Waals surface area (Å²) in [6.07, 6.45) is 5.51. The van der Waals surface area contributed by atoms with E-state index in [1.807, 2.05) is 5.38 Å². The predicted octanol–water partition coefficient (Wildman–Crippen LogP) is 1.54. The van der Waals surface area contributed by atoms with Gasteiger partial charge in [0.1, 0.15) is 11.6 Å². The van der Waals surface area contributed by atoms with Gasteiger partial charge in [-0.25, -0.2) is 0 Å². The van der Waals surface area contributed by atoms with Crippen molar-refractivity contribution < 1.29 is 9.59 Å². The topological polar surface area (TPSA) is 88.9 Å². The van der Waals surface area contributed by atoms with E-state index in [9.17, 15) is 9.59 Å². The molecule has 0 fully saturated rings. The van der Waals surface area contributed by atoms with Gasteiger partial charge in [-0.2, -0.15) is 11.3 Å². The van der Waals surface area contributed by atoms with Gasteiger partial charge in [-0.15, -0.1) is 10.2 Å². The van der Waals surface area contributed by atoms with E-state index in [1.165, 1.54) is 24.2 Å². The molecule has 1 aliphatic heterocycles. The molecule has 7 nitrogen and oxygen atoms in total. The molecule has 0 aromatic carbocycles. The molecule has 2 amide bonds. The van der Waals surface area contributed by atoms with Crippen LogP contribution < -0.4 is 10.6 Å². The number of aryl methyl sites for hydroxylation is 1.